The Labute approximate surface area is 172 Å². The number of ether oxygens (including phenoxy) is 2. The molecule has 2 aromatic rings. The van der Waals surface area contributed by atoms with Crippen LogP contribution in [0.5, 0.6) is 5.88 Å². The number of aromatic nitrogens is 3. The second-order valence-electron chi connectivity index (χ2n) is 8.39. The third-order valence-electron chi connectivity index (χ3n) is 6.11. The largest absolute Gasteiger partial charge is 0.476 e. The van der Waals surface area contributed by atoms with Crippen LogP contribution in [0, 0.1) is 17.8 Å². The molecular weight excluding hydrogens is 366 g/mol. The zero-order valence-electron chi connectivity index (χ0n) is 17.2. The molecule has 0 amide bonds. The molecule has 0 spiro atoms. The lowest BCUT2D eigenvalue weighted by Gasteiger charge is -2.25. The van der Waals surface area contributed by atoms with Gasteiger partial charge in [-0.15, -0.1) is 5.10 Å². The van der Waals surface area contributed by atoms with Crippen LogP contribution < -0.4 is 4.74 Å². The van der Waals surface area contributed by atoms with E-state index in [0.29, 0.717) is 25.0 Å². The van der Waals surface area contributed by atoms with E-state index in [4.69, 9.17) is 9.47 Å². The van der Waals surface area contributed by atoms with Crippen LogP contribution in [-0.2, 0) is 9.53 Å². The molecule has 0 N–H and O–H groups in total. The van der Waals surface area contributed by atoms with Crippen LogP contribution in [0.15, 0.2) is 30.6 Å². The molecule has 6 heteroatoms. The van der Waals surface area contributed by atoms with E-state index >= 15 is 0 Å². The molecule has 154 valence electrons. The molecule has 2 saturated carbocycles. The Morgan fingerprint density at radius 3 is 2.79 bits per heavy atom. The quantitative estimate of drug-likeness (QED) is 0.647. The molecule has 4 rings (SSSR count). The van der Waals surface area contributed by atoms with Crippen molar-refractivity contribution in [2.75, 3.05) is 13.2 Å². The van der Waals surface area contributed by atoms with Gasteiger partial charge in [0.15, 0.2) is 0 Å². The summed E-state index contributed by atoms with van der Waals surface area (Å²) in [5.41, 5.74) is 2.89. The number of rotatable bonds is 7. The second kappa shape index (κ2) is 8.89. The van der Waals surface area contributed by atoms with Crippen molar-refractivity contribution in [3.63, 3.8) is 0 Å². The fourth-order valence-electron chi connectivity index (χ4n) is 4.14. The Balaban J connectivity index is 1.40. The molecule has 2 aliphatic carbocycles. The van der Waals surface area contributed by atoms with Crippen LogP contribution in [0.1, 0.15) is 57.6 Å². The predicted octanol–water partition coefficient (Wildman–Crippen LogP) is 4.41. The zero-order valence-corrected chi connectivity index (χ0v) is 17.2. The molecular formula is C23H29N3O3. The first-order chi connectivity index (χ1) is 14.1. The summed E-state index contributed by atoms with van der Waals surface area (Å²) in [6, 6.07) is 5.93. The Morgan fingerprint density at radius 1 is 1.17 bits per heavy atom. The van der Waals surface area contributed by atoms with Crippen molar-refractivity contribution in [1.82, 2.24) is 15.2 Å². The van der Waals surface area contributed by atoms with Gasteiger partial charge in [0.1, 0.15) is 0 Å². The highest BCUT2D eigenvalue weighted by atomic mass is 16.5. The minimum atomic E-state index is -0.122. The van der Waals surface area contributed by atoms with E-state index in [2.05, 4.69) is 22.1 Å². The van der Waals surface area contributed by atoms with Gasteiger partial charge in [-0.2, -0.15) is 5.10 Å². The van der Waals surface area contributed by atoms with E-state index < -0.39 is 0 Å². The standard InChI is InChI=1S/C23H29N3O3/c1-3-28-23(27)20-12-19(20)21-10-17(8-9-24-21)18-11-22(26-25-13-18)29-14-16-6-4-15(2)5-7-16/h8-11,13,15-16,19-20H,3-7,12,14H2,1-2H3/t15?,16?,19-,20-/m1/s1. The highest BCUT2D eigenvalue weighted by Gasteiger charge is 2.46. The lowest BCUT2D eigenvalue weighted by atomic mass is 9.83. The number of hydrogen-bond donors (Lipinski definition) is 0. The van der Waals surface area contributed by atoms with Crippen molar-refractivity contribution in [2.24, 2.45) is 17.8 Å². The first-order valence-corrected chi connectivity index (χ1v) is 10.7. The van der Waals surface area contributed by atoms with Gasteiger partial charge in [-0.25, -0.2) is 0 Å². The summed E-state index contributed by atoms with van der Waals surface area (Å²) in [7, 11) is 0. The lowest BCUT2D eigenvalue weighted by Crippen LogP contribution is -2.19. The molecule has 0 aromatic carbocycles. The van der Waals surface area contributed by atoms with Gasteiger partial charge in [0.2, 0.25) is 5.88 Å². The van der Waals surface area contributed by atoms with Crippen molar-refractivity contribution in [1.29, 1.82) is 0 Å². The van der Waals surface area contributed by atoms with Crippen LogP contribution in [0.3, 0.4) is 0 Å². The smallest absolute Gasteiger partial charge is 0.309 e. The van der Waals surface area contributed by atoms with Crippen molar-refractivity contribution in [3.05, 3.63) is 36.3 Å². The summed E-state index contributed by atoms with van der Waals surface area (Å²) in [6.45, 7) is 5.28. The Kier molecular flexibility index (Phi) is 6.07. The summed E-state index contributed by atoms with van der Waals surface area (Å²) in [4.78, 5) is 16.4. The maximum atomic E-state index is 11.9. The molecule has 29 heavy (non-hydrogen) atoms. The average Bonchev–Trinajstić information content (AvgIpc) is 3.55. The maximum absolute atomic E-state index is 11.9. The van der Waals surface area contributed by atoms with E-state index in [1.807, 2.05) is 25.1 Å². The molecule has 2 aromatic heterocycles. The van der Waals surface area contributed by atoms with Crippen LogP contribution in [0.2, 0.25) is 0 Å². The van der Waals surface area contributed by atoms with E-state index in [1.165, 1.54) is 25.7 Å². The van der Waals surface area contributed by atoms with Crippen molar-refractivity contribution < 1.29 is 14.3 Å². The van der Waals surface area contributed by atoms with E-state index in [9.17, 15) is 4.79 Å². The van der Waals surface area contributed by atoms with Crippen LogP contribution >= 0.6 is 0 Å². The second-order valence-corrected chi connectivity index (χ2v) is 8.39. The number of hydrogen-bond acceptors (Lipinski definition) is 6. The van der Waals surface area contributed by atoms with E-state index in [1.54, 1.807) is 12.4 Å². The first kappa shape index (κ1) is 19.8. The maximum Gasteiger partial charge on any atom is 0.309 e. The summed E-state index contributed by atoms with van der Waals surface area (Å²) in [5.74, 6) is 1.97. The number of esters is 1. The molecule has 2 aliphatic rings. The Morgan fingerprint density at radius 2 is 2.00 bits per heavy atom. The predicted molar refractivity (Wildman–Crippen MR) is 109 cm³/mol. The molecule has 6 nitrogen and oxygen atoms in total. The molecule has 0 aliphatic heterocycles. The normalized spacial score (nSPS) is 26.0. The summed E-state index contributed by atoms with van der Waals surface area (Å²) >= 11 is 0. The molecule has 2 atom stereocenters. The van der Waals surface area contributed by atoms with E-state index in [0.717, 1.165) is 29.2 Å². The highest BCUT2D eigenvalue weighted by molar-refractivity contribution is 5.77. The molecule has 0 unspecified atom stereocenters. The Bertz CT molecular complexity index is 849. The van der Waals surface area contributed by atoms with Crippen molar-refractivity contribution in [2.45, 2.75) is 51.9 Å². The molecule has 0 bridgehead atoms. The van der Waals surface area contributed by atoms with Gasteiger partial charge in [-0.1, -0.05) is 19.8 Å². The fourth-order valence-corrected chi connectivity index (χ4v) is 4.14. The number of pyridine rings is 1. The van der Waals surface area contributed by atoms with Gasteiger partial charge in [0.25, 0.3) is 0 Å². The summed E-state index contributed by atoms with van der Waals surface area (Å²) in [5, 5.41) is 8.27. The fraction of sp³-hybridized carbons (Fsp3) is 0.565. The molecule has 0 saturated heterocycles. The van der Waals surface area contributed by atoms with Gasteiger partial charge >= 0.3 is 5.97 Å². The van der Waals surface area contributed by atoms with Gasteiger partial charge < -0.3 is 9.47 Å². The van der Waals surface area contributed by atoms with Gasteiger partial charge in [0, 0.05) is 29.4 Å². The zero-order chi connectivity index (χ0) is 20.2. The lowest BCUT2D eigenvalue weighted by molar-refractivity contribution is -0.144. The molecule has 0 radical (unpaired) electrons. The van der Waals surface area contributed by atoms with Crippen LogP contribution in [-0.4, -0.2) is 34.4 Å². The number of carbonyl (C=O) groups excluding carboxylic acids is 1. The SMILES string of the molecule is CCOC(=O)[C@@H]1C[C@H]1c1cc(-c2cnnc(OCC3CCC(C)CC3)c2)ccn1. The third-order valence-corrected chi connectivity index (χ3v) is 6.11. The van der Waals surface area contributed by atoms with E-state index in [-0.39, 0.29) is 17.8 Å². The van der Waals surface area contributed by atoms with Gasteiger partial charge in [0.05, 0.1) is 25.3 Å². The topological polar surface area (TPSA) is 74.2 Å². The Hall–Kier alpha value is -2.50. The minimum absolute atomic E-state index is 0.0645. The third kappa shape index (κ3) is 4.92. The van der Waals surface area contributed by atoms with Crippen LogP contribution in [0.25, 0.3) is 11.1 Å². The first-order valence-electron chi connectivity index (χ1n) is 10.7. The average molecular weight is 396 g/mol. The number of carbonyl (C=O) groups is 1. The van der Waals surface area contributed by atoms with Crippen LogP contribution in [0.4, 0.5) is 0 Å². The monoisotopic (exact) mass is 395 g/mol. The molecule has 2 heterocycles. The van der Waals surface area contributed by atoms with Gasteiger partial charge in [-0.05, 0) is 55.7 Å². The van der Waals surface area contributed by atoms with Crippen molar-refractivity contribution in [3.8, 4) is 17.0 Å². The number of nitrogens with zero attached hydrogens (tertiary/aromatic N) is 3. The van der Waals surface area contributed by atoms with Crippen molar-refractivity contribution >= 4 is 5.97 Å². The highest BCUT2D eigenvalue weighted by Crippen LogP contribution is 2.48. The molecule has 2 fully saturated rings. The summed E-state index contributed by atoms with van der Waals surface area (Å²) < 4.78 is 11.1. The summed E-state index contributed by atoms with van der Waals surface area (Å²) in [6.07, 6.45) is 9.36. The minimum Gasteiger partial charge on any atom is -0.476 e. The van der Waals surface area contributed by atoms with Gasteiger partial charge in [-0.3, -0.25) is 9.78 Å².